The second-order valence-corrected chi connectivity index (χ2v) is 5.44. The van der Waals surface area contributed by atoms with Crippen molar-refractivity contribution in [1.82, 2.24) is 5.32 Å². The van der Waals surface area contributed by atoms with Crippen LogP contribution in [0.5, 0.6) is 0 Å². The summed E-state index contributed by atoms with van der Waals surface area (Å²) in [6.07, 6.45) is 3.99. The van der Waals surface area contributed by atoms with Crippen LogP contribution in [-0.2, 0) is 14.3 Å². The van der Waals surface area contributed by atoms with Crippen molar-refractivity contribution in [2.45, 2.75) is 31.3 Å². The number of hydrogen-bond acceptors (Lipinski definition) is 4. The van der Waals surface area contributed by atoms with Crippen molar-refractivity contribution >= 4 is 5.91 Å². The van der Waals surface area contributed by atoms with Gasteiger partial charge in [-0.3, -0.25) is 4.79 Å². The lowest BCUT2D eigenvalue weighted by Gasteiger charge is -2.27. The van der Waals surface area contributed by atoms with Crippen LogP contribution in [0.4, 0.5) is 0 Å². The van der Waals surface area contributed by atoms with E-state index in [1.54, 1.807) is 7.11 Å². The summed E-state index contributed by atoms with van der Waals surface area (Å²) < 4.78 is 10.9. The molecule has 1 aliphatic heterocycles. The number of nitrogens with two attached hydrogens (primary N) is 1. The highest BCUT2D eigenvalue weighted by Crippen LogP contribution is 2.31. The Labute approximate surface area is 108 Å². The van der Waals surface area contributed by atoms with Gasteiger partial charge in [0, 0.05) is 32.6 Å². The minimum atomic E-state index is -0.327. The number of carbonyl (C=O) groups excluding carboxylic acids is 1. The van der Waals surface area contributed by atoms with E-state index < -0.39 is 0 Å². The SMILES string of the molecule is COC1(CNC(=O)C2CCCC2CN)CCOC1. The normalized spacial score (nSPS) is 35.9. The molecule has 0 spiro atoms. The predicted octanol–water partition coefficient (Wildman–Crippen LogP) is 0.283. The van der Waals surface area contributed by atoms with E-state index in [2.05, 4.69) is 5.32 Å². The fourth-order valence-electron chi connectivity index (χ4n) is 3.00. The van der Waals surface area contributed by atoms with Crippen LogP contribution >= 0.6 is 0 Å². The van der Waals surface area contributed by atoms with Gasteiger partial charge in [-0.2, -0.15) is 0 Å². The molecule has 0 aromatic carbocycles. The lowest BCUT2D eigenvalue weighted by molar-refractivity contribution is -0.127. The standard InChI is InChI=1S/C13H24N2O3/c1-17-13(5-6-18-9-13)8-15-12(16)11-4-2-3-10(11)7-14/h10-11H,2-9,14H2,1H3,(H,15,16). The molecule has 1 aliphatic carbocycles. The first-order valence-corrected chi connectivity index (χ1v) is 6.81. The quantitative estimate of drug-likeness (QED) is 0.741. The highest BCUT2D eigenvalue weighted by Gasteiger charge is 2.37. The molecule has 0 aromatic heterocycles. The molecule has 2 aliphatic rings. The first kappa shape index (κ1) is 13.8. The number of methoxy groups -OCH3 is 1. The van der Waals surface area contributed by atoms with Gasteiger partial charge in [0.05, 0.1) is 6.61 Å². The summed E-state index contributed by atoms with van der Waals surface area (Å²) in [6.45, 7) is 2.42. The molecule has 0 aromatic rings. The Morgan fingerprint density at radius 2 is 2.39 bits per heavy atom. The molecule has 18 heavy (non-hydrogen) atoms. The van der Waals surface area contributed by atoms with Gasteiger partial charge in [-0.05, 0) is 25.3 Å². The van der Waals surface area contributed by atoms with E-state index >= 15 is 0 Å². The molecular weight excluding hydrogens is 232 g/mol. The van der Waals surface area contributed by atoms with Gasteiger partial charge >= 0.3 is 0 Å². The zero-order chi connectivity index (χ0) is 13.0. The topological polar surface area (TPSA) is 73.6 Å². The van der Waals surface area contributed by atoms with Crippen LogP contribution < -0.4 is 11.1 Å². The van der Waals surface area contributed by atoms with Crippen LogP contribution in [-0.4, -0.2) is 44.9 Å². The van der Waals surface area contributed by atoms with Crippen molar-refractivity contribution in [3.63, 3.8) is 0 Å². The zero-order valence-electron chi connectivity index (χ0n) is 11.1. The molecule has 104 valence electrons. The van der Waals surface area contributed by atoms with Crippen molar-refractivity contribution in [3.8, 4) is 0 Å². The Kier molecular flexibility index (Phi) is 4.59. The molecule has 1 saturated heterocycles. The van der Waals surface area contributed by atoms with E-state index in [4.69, 9.17) is 15.2 Å². The van der Waals surface area contributed by atoms with Crippen LogP contribution in [0.3, 0.4) is 0 Å². The summed E-state index contributed by atoms with van der Waals surface area (Å²) in [5.41, 5.74) is 5.38. The molecule has 0 bridgehead atoms. The van der Waals surface area contributed by atoms with Gasteiger partial charge < -0.3 is 20.5 Å². The van der Waals surface area contributed by atoms with E-state index in [1.807, 2.05) is 0 Å². The van der Waals surface area contributed by atoms with Gasteiger partial charge in [-0.15, -0.1) is 0 Å². The Hall–Kier alpha value is -0.650. The van der Waals surface area contributed by atoms with Crippen LogP contribution in [0.25, 0.3) is 0 Å². The van der Waals surface area contributed by atoms with Crippen LogP contribution in [0, 0.1) is 11.8 Å². The summed E-state index contributed by atoms with van der Waals surface area (Å²) >= 11 is 0. The maximum Gasteiger partial charge on any atom is 0.223 e. The number of rotatable bonds is 5. The molecule has 0 radical (unpaired) electrons. The van der Waals surface area contributed by atoms with E-state index in [9.17, 15) is 4.79 Å². The largest absolute Gasteiger partial charge is 0.378 e. The van der Waals surface area contributed by atoms with Crippen molar-refractivity contribution in [1.29, 1.82) is 0 Å². The van der Waals surface area contributed by atoms with Crippen molar-refractivity contribution in [2.75, 3.05) is 33.4 Å². The maximum atomic E-state index is 12.2. The van der Waals surface area contributed by atoms with Crippen LogP contribution in [0.15, 0.2) is 0 Å². The van der Waals surface area contributed by atoms with Gasteiger partial charge in [0.1, 0.15) is 5.60 Å². The monoisotopic (exact) mass is 256 g/mol. The first-order chi connectivity index (χ1) is 8.71. The lowest BCUT2D eigenvalue weighted by Crippen LogP contribution is -2.47. The van der Waals surface area contributed by atoms with Gasteiger partial charge in [0.15, 0.2) is 0 Å². The molecule has 5 nitrogen and oxygen atoms in total. The lowest BCUT2D eigenvalue weighted by atomic mass is 9.94. The zero-order valence-corrected chi connectivity index (χ0v) is 11.1. The van der Waals surface area contributed by atoms with E-state index in [0.29, 0.717) is 32.2 Å². The van der Waals surface area contributed by atoms with E-state index in [0.717, 1.165) is 25.7 Å². The number of hydrogen-bond donors (Lipinski definition) is 2. The molecular formula is C13H24N2O3. The molecule has 2 fully saturated rings. The Morgan fingerprint density at radius 1 is 1.56 bits per heavy atom. The fourth-order valence-corrected chi connectivity index (χ4v) is 3.00. The average molecular weight is 256 g/mol. The molecule has 1 amide bonds. The maximum absolute atomic E-state index is 12.2. The van der Waals surface area contributed by atoms with Gasteiger partial charge in [-0.25, -0.2) is 0 Å². The van der Waals surface area contributed by atoms with Crippen molar-refractivity contribution in [3.05, 3.63) is 0 Å². The van der Waals surface area contributed by atoms with E-state index in [1.165, 1.54) is 0 Å². The van der Waals surface area contributed by atoms with Crippen LogP contribution in [0.2, 0.25) is 0 Å². The predicted molar refractivity (Wildman–Crippen MR) is 68.1 cm³/mol. The Balaban J connectivity index is 1.84. The second-order valence-electron chi connectivity index (χ2n) is 5.44. The van der Waals surface area contributed by atoms with Gasteiger partial charge in [0.2, 0.25) is 5.91 Å². The number of carbonyl (C=O) groups is 1. The Morgan fingerprint density at radius 3 is 3.00 bits per heavy atom. The molecule has 3 unspecified atom stereocenters. The molecule has 1 heterocycles. The molecule has 1 saturated carbocycles. The second kappa shape index (κ2) is 5.99. The van der Waals surface area contributed by atoms with Crippen LogP contribution in [0.1, 0.15) is 25.7 Å². The summed E-state index contributed by atoms with van der Waals surface area (Å²) in [4.78, 5) is 12.2. The Bertz CT molecular complexity index is 290. The number of amides is 1. The molecule has 5 heteroatoms. The fraction of sp³-hybridized carbons (Fsp3) is 0.923. The number of ether oxygens (including phenoxy) is 2. The summed E-state index contributed by atoms with van der Waals surface area (Å²) in [6, 6.07) is 0. The van der Waals surface area contributed by atoms with E-state index in [-0.39, 0.29) is 17.4 Å². The highest BCUT2D eigenvalue weighted by molar-refractivity contribution is 5.79. The number of nitrogens with one attached hydrogen (secondary N) is 1. The van der Waals surface area contributed by atoms with Crippen molar-refractivity contribution < 1.29 is 14.3 Å². The minimum Gasteiger partial charge on any atom is -0.378 e. The summed E-state index contributed by atoms with van der Waals surface area (Å²) in [7, 11) is 1.68. The molecule has 3 atom stereocenters. The minimum absolute atomic E-state index is 0.0891. The van der Waals surface area contributed by atoms with Crippen molar-refractivity contribution in [2.24, 2.45) is 17.6 Å². The molecule has 3 N–H and O–H groups in total. The smallest absolute Gasteiger partial charge is 0.223 e. The first-order valence-electron chi connectivity index (χ1n) is 6.81. The van der Waals surface area contributed by atoms with Gasteiger partial charge in [-0.1, -0.05) is 6.42 Å². The highest BCUT2D eigenvalue weighted by atomic mass is 16.5. The van der Waals surface area contributed by atoms with Gasteiger partial charge in [0.25, 0.3) is 0 Å². The average Bonchev–Trinajstić information content (AvgIpc) is 3.05. The third-order valence-electron chi connectivity index (χ3n) is 4.38. The molecule has 2 rings (SSSR count). The third-order valence-corrected chi connectivity index (χ3v) is 4.38. The summed E-state index contributed by atoms with van der Waals surface area (Å²) in [5.74, 6) is 0.570. The third kappa shape index (κ3) is 2.84. The summed E-state index contributed by atoms with van der Waals surface area (Å²) in [5, 5.41) is 3.02.